The van der Waals surface area contributed by atoms with Gasteiger partial charge in [-0.3, -0.25) is 0 Å². The van der Waals surface area contributed by atoms with Gasteiger partial charge in [-0.15, -0.1) is 0 Å². The Balaban J connectivity index is 1.38. The number of ether oxygens (including phenoxy) is 2. The molecular weight excluding hydrogens is 751 g/mol. The van der Waals surface area contributed by atoms with Gasteiger partial charge in [0.2, 0.25) is 0 Å². The molecule has 0 atom stereocenters. The molecular formula is C50H42N4O2P2. The van der Waals surface area contributed by atoms with Crippen molar-refractivity contribution >= 4 is 49.8 Å². The number of rotatable bonds is 12. The Bertz CT molecular complexity index is 2300. The van der Waals surface area contributed by atoms with E-state index in [9.17, 15) is 0 Å². The van der Waals surface area contributed by atoms with Crippen LogP contribution in [0.4, 0.5) is 22.7 Å². The van der Waals surface area contributed by atoms with Gasteiger partial charge in [0.15, 0.2) is 0 Å². The minimum absolute atomic E-state index is 0.405. The summed E-state index contributed by atoms with van der Waals surface area (Å²) in [4.78, 5) is 0. The smallest absolute Gasteiger partial charge is 0.128 e. The Morgan fingerprint density at radius 3 is 0.879 bits per heavy atom. The van der Waals surface area contributed by atoms with E-state index in [4.69, 9.17) is 9.47 Å². The Kier molecular flexibility index (Phi) is 11.3. The summed E-state index contributed by atoms with van der Waals surface area (Å²) in [5.41, 5.74) is 10.4. The molecule has 1 heterocycles. The molecule has 0 spiro atoms. The summed E-state index contributed by atoms with van der Waals surface area (Å²) in [5, 5.41) is 18.1. The first-order chi connectivity index (χ1) is 28.8. The molecule has 0 fully saturated rings. The summed E-state index contributed by atoms with van der Waals surface area (Å²) in [6, 6.07) is 71.7. The lowest BCUT2D eigenvalue weighted by molar-refractivity contribution is 0.214. The highest BCUT2D eigenvalue weighted by molar-refractivity contribution is 7.70. The van der Waals surface area contributed by atoms with Gasteiger partial charge in [0.05, 0.1) is 0 Å². The van der Waals surface area contributed by atoms with E-state index < -0.39 is 16.4 Å². The molecule has 0 unspecified atom stereocenters. The van der Waals surface area contributed by atoms with Crippen LogP contribution in [-0.2, 0) is 0 Å². The Hall–Kier alpha value is -6.58. The van der Waals surface area contributed by atoms with E-state index in [-0.39, 0.29) is 0 Å². The number of hydrogen-bond donors (Lipinski definition) is 4. The molecule has 1 aliphatic heterocycles. The molecule has 0 bridgehead atoms. The van der Waals surface area contributed by atoms with E-state index in [1.165, 1.54) is 0 Å². The van der Waals surface area contributed by atoms with Crippen LogP contribution in [0.5, 0.6) is 11.5 Å². The first-order valence-corrected chi connectivity index (χ1v) is 22.0. The van der Waals surface area contributed by atoms with Gasteiger partial charge in [0.1, 0.15) is 41.2 Å². The van der Waals surface area contributed by atoms with Gasteiger partial charge in [0, 0.05) is 44.5 Å². The standard InChI is InChI=1S/C50H42N4O2P2/c1-7-19-37(20-8-1)43-31-33-45-47(49(43)57(51-39-23-11-3-12-24-39)52-40-25-13-4-14-26-40)48-46(56-36-35-55-45)34-32-44(38-21-9-2-10-22-38)50(48)58(53-41-27-15-5-16-28-41)54-42-29-17-6-18-30-42/h1-34,51-54H,35-36H2. The molecule has 8 aromatic rings. The van der Waals surface area contributed by atoms with E-state index in [1.54, 1.807) is 0 Å². The molecule has 0 saturated heterocycles. The molecule has 58 heavy (non-hydrogen) atoms. The minimum Gasteiger partial charge on any atom is -0.489 e. The van der Waals surface area contributed by atoms with Gasteiger partial charge in [0.25, 0.3) is 0 Å². The van der Waals surface area contributed by atoms with E-state index in [0.717, 1.165) is 78.2 Å². The van der Waals surface area contributed by atoms with Crippen molar-refractivity contribution in [1.82, 2.24) is 0 Å². The summed E-state index contributed by atoms with van der Waals surface area (Å²) in [6.07, 6.45) is 0. The number of para-hydroxylation sites is 4. The van der Waals surface area contributed by atoms with Crippen LogP contribution in [0.3, 0.4) is 0 Å². The highest BCUT2D eigenvalue weighted by Crippen LogP contribution is 2.52. The molecule has 1 aliphatic rings. The first-order valence-electron chi connectivity index (χ1n) is 19.4. The van der Waals surface area contributed by atoms with Crippen LogP contribution in [-0.4, -0.2) is 13.2 Å². The minimum atomic E-state index is -1.37. The predicted octanol–water partition coefficient (Wildman–Crippen LogP) is 12.8. The van der Waals surface area contributed by atoms with Crippen molar-refractivity contribution < 1.29 is 9.47 Å². The predicted molar refractivity (Wildman–Crippen MR) is 247 cm³/mol. The molecule has 8 heteroatoms. The maximum absolute atomic E-state index is 6.78. The molecule has 0 amide bonds. The fourth-order valence-corrected chi connectivity index (χ4v) is 11.2. The zero-order valence-corrected chi connectivity index (χ0v) is 33.5. The monoisotopic (exact) mass is 792 g/mol. The summed E-state index contributed by atoms with van der Waals surface area (Å²) >= 11 is 0. The van der Waals surface area contributed by atoms with Crippen LogP contribution < -0.4 is 40.4 Å². The first kappa shape index (κ1) is 37.0. The molecule has 0 aromatic heterocycles. The van der Waals surface area contributed by atoms with Gasteiger partial charge in [-0.25, -0.2) is 0 Å². The topological polar surface area (TPSA) is 66.6 Å². The van der Waals surface area contributed by atoms with Crippen LogP contribution in [0.15, 0.2) is 206 Å². The number of fused-ring (bicyclic) bond motifs is 3. The van der Waals surface area contributed by atoms with Crippen LogP contribution >= 0.6 is 16.4 Å². The maximum atomic E-state index is 6.78. The highest BCUT2D eigenvalue weighted by Gasteiger charge is 2.34. The molecule has 0 aliphatic carbocycles. The SMILES string of the molecule is c1ccc(NP(Nc2ccccc2)c2c(-c3ccccc3)ccc3c2-c2c(ccc(-c4ccccc4)c2P(Nc2ccccc2)Nc2ccccc2)OCCO3)cc1. The van der Waals surface area contributed by atoms with Crippen molar-refractivity contribution in [3.63, 3.8) is 0 Å². The average Bonchev–Trinajstić information content (AvgIpc) is 3.28. The zero-order valence-electron chi connectivity index (χ0n) is 31.8. The second-order valence-corrected chi connectivity index (χ2v) is 16.8. The van der Waals surface area contributed by atoms with E-state index in [1.807, 2.05) is 24.3 Å². The van der Waals surface area contributed by atoms with Crippen LogP contribution in [0.1, 0.15) is 0 Å². The largest absolute Gasteiger partial charge is 0.489 e. The molecule has 0 saturated carbocycles. The van der Waals surface area contributed by atoms with E-state index in [0.29, 0.717) is 13.2 Å². The average molecular weight is 793 g/mol. The molecule has 4 N–H and O–H groups in total. The maximum Gasteiger partial charge on any atom is 0.128 e. The highest BCUT2D eigenvalue weighted by atomic mass is 31.1. The van der Waals surface area contributed by atoms with Crippen LogP contribution in [0, 0.1) is 0 Å². The van der Waals surface area contributed by atoms with Gasteiger partial charge in [-0.2, -0.15) is 0 Å². The second kappa shape index (κ2) is 17.7. The number of anilines is 4. The van der Waals surface area contributed by atoms with Gasteiger partial charge >= 0.3 is 0 Å². The molecule has 6 nitrogen and oxygen atoms in total. The zero-order chi connectivity index (χ0) is 38.9. The lowest BCUT2D eigenvalue weighted by Crippen LogP contribution is -2.26. The molecule has 284 valence electrons. The fraction of sp³-hybridized carbons (Fsp3) is 0.0400. The summed E-state index contributed by atoms with van der Waals surface area (Å²) in [7, 11) is -2.75. The molecule has 0 radical (unpaired) electrons. The van der Waals surface area contributed by atoms with E-state index in [2.05, 4.69) is 202 Å². The number of benzene rings is 8. The fourth-order valence-electron chi connectivity index (χ4n) is 7.18. The lowest BCUT2D eigenvalue weighted by atomic mass is 9.94. The Morgan fingerprint density at radius 1 is 0.310 bits per heavy atom. The number of nitrogens with one attached hydrogen (secondary N) is 4. The van der Waals surface area contributed by atoms with Crippen molar-refractivity contribution in [2.24, 2.45) is 0 Å². The van der Waals surface area contributed by atoms with Crippen LogP contribution in [0.25, 0.3) is 33.4 Å². The normalized spacial score (nSPS) is 11.9. The Morgan fingerprint density at radius 2 is 0.586 bits per heavy atom. The van der Waals surface area contributed by atoms with Crippen LogP contribution in [0.2, 0.25) is 0 Å². The third-order valence-electron chi connectivity index (χ3n) is 9.80. The molecule has 8 aromatic carbocycles. The summed E-state index contributed by atoms with van der Waals surface area (Å²) in [5.74, 6) is 1.61. The van der Waals surface area contributed by atoms with Crippen molar-refractivity contribution in [2.75, 3.05) is 33.6 Å². The van der Waals surface area contributed by atoms with Crippen molar-refractivity contribution in [1.29, 1.82) is 0 Å². The lowest BCUT2D eigenvalue weighted by Gasteiger charge is -2.33. The van der Waals surface area contributed by atoms with Crippen molar-refractivity contribution in [3.05, 3.63) is 206 Å². The van der Waals surface area contributed by atoms with Crippen molar-refractivity contribution in [3.8, 4) is 44.9 Å². The Labute approximate surface area is 342 Å². The number of hydrogen-bond acceptors (Lipinski definition) is 6. The molecule has 9 rings (SSSR count). The van der Waals surface area contributed by atoms with Gasteiger partial charge in [-0.1, -0.05) is 133 Å². The third kappa shape index (κ3) is 8.26. The summed E-state index contributed by atoms with van der Waals surface area (Å²) in [6.45, 7) is 0.809. The van der Waals surface area contributed by atoms with Gasteiger partial charge < -0.3 is 29.8 Å². The summed E-state index contributed by atoms with van der Waals surface area (Å²) < 4.78 is 13.6. The quantitative estimate of drug-likeness (QED) is 0.0924. The second-order valence-electron chi connectivity index (χ2n) is 13.7. The van der Waals surface area contributed by atoms with E-state index >= 15 is 0 Å². The third-order valence-corrected chi connectivity index (χ3v) is 13.6. The van der Waals surface area contributed by atoms with Gasteiger partial charge in [-0.05, 0) is 95.1 Å². The van der Waals surface area contributed by atoms with Crippen molar-refractivity contribution in [2.45, 2.75) is 0 Å².